The van der Waals surface area contributed by atoms with Crippen LogP contribution >= 0.6 is 15.9 Å². The highest BCUT2D eigenvalue weighted by atomic mass is 79.9. The van der Waals surface area contributed by atoms with Crippen LogP contribution in [0.25, 0.3) is 0 Å². The topological polar surface area (TPSA) is 29.3 Å². The number of nitrogens with zero attached hydrogens (tertiary/aromatic N) is 1. The maximum Gasteiger partial charge on any atom is 0.0507 e. The summed E-state index contributed by atoms with van der Waals surface area (Å²) >= 11 is 3.66. The Hall–Kier alpha value is -0.380. The molecule has 2 nitrogen and oxygen atoms in total. The molecule has 0 spiro atoms. The second kappa shape index (κ2) is 6.18. The quantitative estimate of drug-likeness (QED) is 0.921. The van der Waals surface area contributed by atoms with Crippen LogP contribution in [0.2, 0.25) is 0 Å². The van der Waals surface area contributed by atoms with E-state index in [-0.39, 0.29) is 6.04 Å². The third kappa shape index (κ3) is 2.95. The first-order chi connectivity index (χ1) is 8.63. The van der Waals surface area contributed by atoms with Gasteiger partial charge in [-0.1, -0.05) is 47.5 Å². The van der Waals surface area contributed by atoms with Gasteiger partial charge in [0.1, 0.15) is 0 Å². The van der Waals surface area contributed by atoms with Crippen LogP contribution in [0.3, 0.4) is 0 Å². The van der Waals surface area contributed by atoms with Crippen molar-refractivity contribution < 1.29 is 0 Å². The number of benzene rings is 1. The Bertz CT molecular complexity index is 392. The summed E-state index contributed by atoms with van der Waals surface area (Å²) in [6.45, 7) is 6.76. The van der Waals surface area contributed by atoms with E-state index in [1.54, 1.807) is 0 Å². The Kier molecular flexibility index (Phi) is 4.82. The van der Waals surface area contributed by atoms with E-state index in [1.807, 2.05) is 0 Å². The van der Waals surface area contributed by atoms with Crippen molar-refractivity contribution in [1.29, 1.82) is 0 Å². The minimum Gasteiger partial charge on any atom is -0.326 e. The summed E-state index contributed by atoms with van der Waals surface area (Å²) in [7, 11) is 0. The Morgan fingerprint density at radius 1 is 1.44 bits per heavy atom. The summed E-state index contributed by atoms with van der Waals surface area (Å²) in [5.41, 5.74) is 7.57. The summed E-state index contributed by atoms with van der Waals surface area (Å²) in [5, 5.41) is 0. The molecule has 1 fully saturated rings. The van der Waals surface area contributed by atoms with Gasteiger partial charge in [-0.2, -0.15) is 0 Å². The van der Waals surface area contributed by atoms with Gasteiger partial charge >= 0.3 is 0 Å². The second-order valence-corrected chi connectivity index (χ2v) is 6.24. The largest absolute Gasteiger partial charge is 0.326 e. The van der Waals surface area contributed by atoms with E-state index in [9.17, 15) is 0 Å². The third-order valence-corrected chi connectivity index (χ3v) is 4.73. The van der Waals surface area contributed by atoms with E-state index in [1.165, 1.54) is 36.0 Å². The standard InChI is InChI=1S/C15H23BrN2/c1-3-12-8-9-18(10-12)15(11(2)17)13-6-4-5-7-14(13)16/h4-7,11-12,15H,3,8-10,17H2,1-2H3. The number of likely N-dealkylation sites (tertiary alicyclic amines) is 1. The zero-order valence-electron chi connectivity index (χ0n) is 11.3. The van der Waals surface area contributed by atoms with Crippen molar-refractivity contribution in [3.05, 3.63) is 34.3 Å². The van der Waals surface area contributed by atoms with Crippen molar-refractivity contribution in [2.75, 3.05) is 13.1 Å². The van der Waals surface area contributed by atoms with Gasteiger partial charge in [0.25, 0.3) is 0 Å². The third-order valence-electron chi connectivity index (χ3n) is 4.01. The fourth-order valence-electron chi connectivity index (χ4n) is 2.98. The van der Waals surface area contributed by atoms with Gasteiger partial charge in [0.05, 0.1) is 6.04 Å². The van der Waals surface area contributed by atoms with Gasteiger partial charge in [-0.25, -0.2) is 0 Å². The van der Waals surface area contributed by atoms with E-state index in [4.69, 9.17) is 5.73 Å². The van der Waals surface area contributed by atoms with Crippen molar-refractivity contribution >= 4 is 15.9 Å². The first kappa shape index (κ1) is 14.0. The van der Waals surface area contributed by atoms with Crippen molar-refractivity contribution in [2.24, 2.45) is 11.7 Å². The van der Waals surface area contributed by atoms with E-state index in [0.717, 1.165) is 5.92 Å². The average molecular weight is 311 g/mol. The van der Waals surface area contributed by atoms with Crippen molar-refractivity contribution in [3.8, 4) is 0 Å². The minimum absolute atomic E-state index is 0.152. The number of hydrogen-bond donors (Lipinski definition) is 1. The Balaban J connectivity index is 2.22. The lowest BCUT2D eigenvalue weighted by Gasteiger charge is -2.32. The molecule has 1 aromatic rings. The molecule has 0 radical (unpaired) electrons. The number of halogens is 1. The molecular formula is C15H23BrN2. The lowest BCUT2D eigenvalue weighted by molar-refractivity contribution is 0.210. The second-order valence-electron chi connectivity index (χ2n) is 5.38. The molecule has 1 aromatic carbocycles. The summed E-state index contributed by atoms with van der Waals surface area (Å²) in [6, 6.07) is 8.94. The van der Waals surface area contributed by atoms with E-state index in [0.29, 0.717) is 6.04 Å². The highest BCUT2D eigenvalue weighted by molar-refractivity contribution is 9.10. The van der Waals surface area contributed by atoms with Gasteiger partial charge in [0, 0.05) is 17.1 Å². The van der Waals surface area contributed by atoms with Crippen molar-refractivity contribution in [2.45, 2.75) is 38.8 Å². The molecule has 1 aliphatic rings. The Labute approximate surface area is 119 Å². The van der Waals surface area contributed by atoms with Crippen LogP contribution in [0.4, 0.5) is 0 Å². The molecule has 0 amide bonds. The van der Waals surface area contributed by atoms with E-state index < -0.39 is 0 Å². The van der Waals surface area contributed by atoms with Crippen LogP contribution in [0, 0.1) is 5.92 Å². The first-order valence-electron chi connectivity index (χ1n) is 6.87. The molecule has 100 valence electrons. The molecule has 2 N–H and O–H groups in total. The molecule has 3 atom stereocenters. The normalized spacial score (nSPS) is 24.1. The van der Waals surface area contributed by atoms with Crippen LogP contribution < -0.4 is 5.73 Å². The molecule has 1 saturated heterocycles. The Morgan fingerprint density at radius 3 is 2.72 bits per heavy atom. The van der Waals surface area contributed by atoms with Gasteiger partial charge in [-0.05, 0) is 37.4 Å². The smallest absolute Gasteiger partial charge is 0.0507 e. The van der Waals surface area contributed by atoms with Crippen LogP contribution in [0.15, 0.2) is 28.7 Å². The zero-order chi connectivity index (χ0) is 13.1. The Morgan fingerprint density at radius 2 is 2.17 bits per heavy atom. The van der Waals surface area contributed by atoms with Gasteiger partial charge < -0.3 is 5.73 Å². The molecule has 3 heteroatoms. The molecule has 0 aromatic heterocycles. The lowest BCUT2D eigenvalue weighted by atomic mass is 9.99. The molecule has 0 aliphatic carbocycles. The zero-order valence-corrected chi connectivity index (χ0v) is 12.9. The predicted octanol–water partition coefficient (Wildman–Crippen LogP) is 3.57. The molecule has 2 rings (SSSR count). The molecule has 3 unspecified atom stereocenters. The summed E-state index contributed by atoms with van der Waals surface area (Å²) in [5.74, 6) is 0.841. The van der Waals surface area contributed by atoms with Gasteiger partial charge in [0.15, 0.2) is 0 Å². The van der Waals surface area contributed by atoms with Crippen molar-refractivity contribution in [3.63, 3.8) is 0 Å². The number of nitrogens with two attached hydrogens (primary N) is 1. The number of hydrogen-bond acceptors (Lipinski definition) is 2. The monoisotopic (exact) mass is 310 g/mol. The highest BCUT2D eigenvalue weighted by Gasteiger charge is 2.31. The maximum absolute atomic E-state index is 6.24. The van der Waals surface area contributed by atoms with E-state index >= 15 is 0 Å². The summed E-state index contributed by atoms with van der Waals surface area (Å²) in [4.78, 5) is 2.55. The predicted molar refractivity (Wildman–Crippen MR) is 80.5 cm³/mol. The van der Waals surface area contributed by atoms with Gasteiger partial charge in [-0.3, -0.25) is 4.90 Å². The fourth-order valence-corrected chi connectivity index (χ4v) is 3.50. The molecule has 0 saturated carbocycles. The van der Waals surface area contributed by atoms with Crippen molar-refractivity contribution in [1.82, 2.24) is 4.90 Å². The summed E-state index contributed by atoms with van der Waals surface area (Å²) < 4.78 is 1.17. The van der Waals surface area contributed by atoms with Crippen LogP contribution in [-0.2, 0) is 0 Å². The van der Waals surface area contributed by atoms with Gasteiger partial charge in [0.2, 0.25) is 0 Å². The maximum atomic E-state index is 6.24. The average Bonchev–Trinajstić information content (AvgIpc) is 2.80. The van der Waals surface area contributed by atoms with Gasteiger partial charge in [-0.15, -0.1) is 0 Å². The first-order valence-corrected chi connectivity index (χ1v) is 7.66. The fraction of sp³-hybridized carbons (Fsp3) is 0.600. The van der Waals surface area contributed by atoms with Crippen LogP contribution in [0.5, 0.6) is 0 Å². The van der Waals surface area contributed by atoms with Crippen LogP contribution in [-0.4, -0.2) is 24.0 Å². The molecule has 1 heterocycles. The highest BCUT2D eigenvalue weighted by Crippen LogP contribution is 2.34. The molecule has 1 aliphatic heterocycles. The number of rotatable bonds is 4. The summed E-state index contributed by atoms with van der Waals surface area (Å²) in [6.07, 6.45) is 2.59. The lowest BCUT2D eigenvalue weighted by Crippen LogP contribution is -2.38. The van der Waals surface area contributed by atoms with E-state index in [2.05, 4.69) is 58.9 Å². The molecule has 0 bridgehead atoms. The molecular weight excluding hydrogens is 288 g/mol. The molecule has 18 heavy (non-hydrogen) atoms. The minimum atomic E-state index is 0.152. The SMILES string of the molecule is CCC1CCN(C(c2ccccc2Br)C(C)N)C1. The van der Waals surface area contributed by atoms with Crippen LogP contribution in [0.1, 0.15) is 38.3 Å².